The lowest BCUT2D eigenvalue weighted by atomic mass is 9.97. The van der Waals surface area contributed by atoms with E-state index >= 15 is 0 Å². The van der Waals surface area contributed by atoms with E-state index in [4.69, 9.17) is 9.47 Å². The molecule has 2 aliphatic heterocycles. The third kappa shape index (κ3) is 3.40. The molecule has 2 heterocycles. The number of rotatable bonds is 4. The minimum atomic E-state index is -0.431. The van der Waals surface area contributed by atoms with Gasteiger partial charge in [0.2, 0.25) is 5.91 Å². The van der Waals surface area contributed by atoms with Crippen LogP contribution in [0.5, 0.6) is 0 Å². The summed E-state index contributed by atoms with van der Waals surface area (Å²) in [5, 5.41) is 0. The van der Waals surface area contributed by atoms with Gasteiger partial charge in [0.1, 0.15) is 13.2 Å². The maximum Gasteiger partial charge on any atom is 0.410 e. The Morgan fingerprint density at radius 2 is 2.00 bits per heavy atom. The second kappa shape index (κ2) is 6.58. The summed E-state index contributed by atoms with van der Waals surface area (Å²) in [6.07, 6.45) is 0.809. The highest BCUT2D eigenvalue weighted by molar-refractivity contribution is 5.83. The summed E-state index contributed by atoms with van der Waals surface area (Å²) < 4.78 is 9.77. The SMILES string of the molecule is CCOC(=O)C1CCN(C(=O)CN2CCOC2=O)CC1. The summed E-state index contributed by atoms with van der Waals surface area (Å²) in [6, 6.07) is 0. The summed E-state index contributed by atoms with van der Waals surface area (Å²) >= 11 is 0. The van der Waals surface area contributed by atoms with E-state index in [-0.39, 0.29) is 24.3 Å². The minimum absolute atomic E-state index is 0.0584. The molecular weight excluding hydrogens is 264 g/mol. The summed E-state index contributed by atoms with van der Waals surface area (Å²) in [5.74, 6) is -0.385. The minimum Gasteiger partial charge on any atom is -0.466 e. The molecule has 7 heteroatoms. The van der Waals surface area contributed by atoms with Crippen LogP contribution in [-0.4, -0.2) is 67.2 Å². The molecule has 0 aromatic carbocycles. The Morgan fingerprint density at radius 1 is 1.30 bits per heavy atom. The quantitative estimate of drug-likeness (QED) is 0.691. The summed E-state index contributed by atoms with van der Waals surface area (Å²) in [4.78, 5) is 38.0. The molecular formula is C13H20N2O5. The largest absolute Gasteiger partial charge is 0.466 e. The molecule has 0 unspecified atom stereocenters. The molecule has 2 amide bonds. The van der Waals surface area contributed by atoms with Crippen molar-refractivity contribution < 1.29 is 23.9 Å². The number of carbonyl (C=O) groups is 3. The molecule has 0 N–H and O–H groups in total. The van der Waals surface area contributed by atoms with E-state index in [2.05, 4.69) is 0 Å². The van der Waals surface area contributed by atoms with Crippen LogP contribution in [0, 0.1) is 5.92 Å². The highest BCUT2D eigenvalue weighted by Crippen LogP contribution is 2.19. The van der Waals surface area contributed by atoms with Crippen molar-refractivity contribution >= 4 is 18.0 Å². The number of esters is 1. The fourth-order valence-corrected chi connectivity index (χ4v) is 2.46. The van der Waals surface area contributed by atoms with Gasteiger partial charge in [-0.05, 0) is 19.8 Å². The molecule has 0 atom stereocenters. The number of likely N-dealkylation sites (tertiary alicyclic amines) is 1. The Balaban J connectivity index is 1.77. The average Bonchev–Trinajstić information content (AvgIpc) is 2.85. The number of nitrogens with zero attached hydrogens (tertiary/aromatic N) is 2. The van der Waals surface area contributed by atoms with Crippen LogP contribution in [0.15, 0.2) is 0 Å². The third-order valence-electron chi connectivity index (χ3n) is 3.64. The van der Waals surface area contributed by atoms with Gasteiger partial charge in [-0.1, -0.05) is 0 Å². The molecule has 0 radical (unpaired) electrons. The first kappa shape index (κ1) is 14.6. The van der Waals surface area contributed by atoms with Crippen molar-refractivity contribution in [1.82, 2.24) is 9.80 Å². The monoisotopic (exact) mass is 284 g/mol. The molecule has 7 nitrogen and oxygen atoms in total. The number of piperidine rings is 1. The lowest BCUT2D eigenvalue weighted by Crippen LogP contribution is -2.45. The number of carbonyl (C=O) groups excluding carboxylic acids is 3. The van der Waals surface area contributed by atoms with Crippen LogP contribution < -0.4 is 0 Å². The summed E-state index contributed by atoms with van der Waals surface area (Å²) in [6.45, 7) is 4.10. The second-order valence-electron chi connectivity index (χ2n) is 4.94. The first-order chi connectivity index (χ1) is 9.61. The molecule has 2 saturated heterocycles. The van der Waals surface area contributed by atoms with E-state index < -0.39 is 6.09 Å². The molecule has 0 aromatic heterocycles. The molecule has 112 valence electrons. The van der Waals surface area contributed by atoms with Gasteiger partial charge in [0, 0.05) is 13.1 Å². The van der Waals surface area contributed by atoms with Gasteiger partial charge in [-0.3, -0.25) is 14.5 Å². The first-order valence-electron chi connectivity index (χ1n) is 6.98. The van der Waals surface area contributed by atoms with Gasteiger partial charge in [-0.15, -0.1) is 0 Å². The lowest BCUT2D eigenvalue weighted by Gasteiger charge is -2.31. The molecule has 2 rings (SSSR count). The van der Waals surface area contributed by atoms with Crippen molar-refractivity contribution in [3.8, 4) is 0 Å². The highest BCUT2D eigenvalue weighted by Gasteiger charge is 2.31. The van der Waals surface area contributed by atoms with Gasteiger partial charge in [-0.2, -0.15) is 0 Å². The zero-order chi connectivity index (χ0) is 14.5. The van der Waals surface area contributed by atoms with Crippen LogP contribution in [-0.2, 0) is 19.1 Å². The molecule has 0 saturated carbocycles. The zero-order valence-corrected chi connectivity index (χ0v) is 11.7. The zero-order valence-electron chi connectivity index (χ0n) is 11.7. The molecule has 0 aromatic rings. The Hall–Kier alpha value is -1.79. The van der Waals surface area contributed by atoms with E-state index in [0.29, 0.717) is 45.7 Å². The summed E-state index contributed by atoms with van der Waals surface area (Å²) in [5.41, 5.74) is 0. The van der Waals surface area contributed by atoms with Gasteiger partial charge in [0.05, 0.1) is 19.1 Å². The topological polar surface area (TPSA) is 76.2 Å². The van der Waals surface area contributed by atoms with Crippen molar-refractivity contribution in [3.63, 3.8) is 0 Å². The molecule has 0 spiro atoms. The van der Waals surface area contributed by atoms with Crippen LogP contribution >= 0.6 is 0 Å². The van der Waals surface area contributed by atoms with Crippen molar-refractivity contribution in [2.45, 2.75) is 19.8 Å². The van der Waals surface area contributed by atoms with Crippen LogP contribution in [0.25, 0.3) is 0 Å². The number of ether oxygens (including phenoxy) is 2. The van der Waals surface area contributed by atoms with Crippen molar-refractivity contribution in [2.75, 3.05) is 39.4 Å². The summed E-state index contributed by atoms with van der Waals surface area (Å²) in [7, 11) is 0. The van der Waals surface area contributed by atoms with Crippen LogP contribution in [0.2, 0.25) is 0 Å². The van der Waals surface area contributed by atoms with Crippen LogP contribution in [0.3, 0.4) is 0 Å². The molecule has 0 aliphatic carbocycles. The number of cyclic esters (lactones) is 1. The number of hydrogen-bond acceptors (Lipinski definition) is 5. The fraction of sp³-hybridized carbons (Fsp3) is 0.769. The van der Waals surface area contributed by atoms with E-state index in [1.165, 1.54) is 4.90 Å². The van der Waals surface area contributed by atoms with Crippen molar-refractivity contribution in [1.29, 1.82) is 0 Å². The highest BCUT2D eigenvalue weighted by atomic mass is 16.6. The Bertz CT molecular complexity index is 390. The van der Waals surface area contributed by atoms with E-state index in [0.717, 1.165) is 0 Å². The van der Waals surface area contributed by atoms with Gasteiger partial charge in [0.25, 0.3) is 0 Å². The van der Waals surface area contributed by atoms with Crippen molar-refractivity contribution in [2.24, 2.45) is 5.92 Å². The predicted octanol–water partition coefficient (Wildman–Crippen LogP) is 0.240. The second-order valence-corrected chi connectivity index (χ2v) is 4.94. The molecule has 0 bridgehead atoms. The lowest BCUT2D eigenvalue weighted by molar-refractivity contribution is -0.151. The van der Waals surface area contributed by atoms with Gasteiger partial charge in [-0.25, -0.2) is 4.79 Å². The van der Waals surface area contributed by atoms with E-state index in [9.17, 15) is 14.4 Å². The van der Waals surface area contributed by atoms with E-state index in [1.54, 1.807) is 11.8 Å². The number of amides is 2. The fourth-order valence-electron chi connectivity index (χ4n) is 2.46. The van der Waals surface area contributed by atoms with Crippen LogP contribution in [0.4, 0.5) is 4.79 Å². The smallest absolute Gasteiger partial charge is 0.410 e. The van der Waals surface area contributed by atoms with Gasteiger partial charge < -0.3 is 14.4 Å². The molecule has 2 fully saturated rings. The van der Waals surface area contributed by atoms with Gasteiger partial charge in [0.15, 0.2) is 0 Å². The molecule has 20 heavy (non-hydrogen) atoms. The average molecular weight is 284 g/mol. The normalized spacial score (nSPS) is 19.9. The maximum atomic E-state index is 12.1. The van der Waals surface area contributed by atoms with E-state index in [1.807, 2.05) is 0 Å². The Morgan fingerprint density at radius 3 is 2.55 bits per heavy atom. The number of hydrogen-bond donors (Lipinski definition) is 0. The third-order valence-corrected chi connectivity index (χ3v) is 3.64. The van der Waals surface area contributed by atoms with Crippen molar-refractivity contribution in [3.05, 3.63) is 0 Å². The maximum absolute atomic E-state index is 12.1. The van der Waals surface area contributed by atoms with Crippen LogP contribution in [0.1, 0.15) is 19.8 Å². The molecule has 2 aliphatic rings. The standard InChI is InChI=1S/C13H20N2O5/c1-2-19-12(17)10-3-5-14(6-4-10)11(16)9-15-7-8-20-13(15)18/h10H,2-9H2,1H3. The Kier molecular flexibility index (Phi) is 4.81. The first-order valence-corrected chi connectivity index (χ1v) is 6.98. The Labute approximate surface area is 117 Å². The van der Waals surface area contributed by atoms with Gasteiger partial charge >= 0.3 is 12.1 Å². The predicted molar refractivity (Wildman–Crippen MR) is 68.9 cm³/mol.